The normalized spacial score (nSPS) is 17.7. The van der Waals surface area contributed by atoms with Gasteiger partial charge in [-0.3, -0.25) is 5.10 Å². The van der Waals surface area contributed by atoms with Crippen LogP contribution in [-0.2, 0) is 6.54 Å². The fourth-order valence-corrected chi connectivity index (χ4v) is 2.38. The van der Waals surface area contributed by atoms with Gasteiger partial charge in [-0.25, -0.2) is 0 Å². The first-order valence-electron chi connectivity index (χ1n) is 6.46. The van der Waals surface area contributed by atoms with E-state index >= 15 is 0 Å². The van der Waals surface area contributed by atoms with Crippen molar-refractivity contribution in [3.63, 3.8) is 0 Å². The molecular formula is C13H23N3. The first-order valence-corrected chi connectivity index (χ1v) is 6.46. The Morgan fingerprint density at radius 3 is 2.69 bits per heavy atom. The minimum atomic E-state index is 0.721. The Morgan fingerprint density at radius 1 is 1.44 bits per heavy atom. The zero-order chi connectivity index (χ0) is 11.5. The van der Waals surface area contributed by atoms with E-state index in [1.54, 1.807) is 0 Å². The van der Waals surface area contributed by atoms with E-state index in [1.807, 2.05) is 0 Å². The number of nitrogens with one attached hydrogen (secondary N) is 2. The number of nitrogens with zero attached hydrogens (tertiary/aromatic N) is 1. The smallest absolute Gasteiger partial charge is 0.0638 e. The quantitative estimate of drug-likeness (QED) is 0.775. The minimum absolute atomic E-state index is 0.721. The molecule has 1 atom stereocenters. The summed E-state index contributed by atoms with van der Waals surface area (Å²) in [5.74, 6) is 0.937. The van der Waals surface area contributed by atoms with Gasteiger partial charge in [-0.2, -0.15) is 5.10 Å². The van der Waals surface area contributed by atoms with Crippen LogP contribution in [0.4, 0.5) is 0 Å². The third kappa shape index (κ3) is 2.64. The van der Waals surface area contributed by atoms with Crippen LogP contribution in [0.5, 0.6) is 0 Å². The van der Waals surface area contributed by atoms with Gasteiger partial charge >= 0.3 is 0 Å². The molecule has 0 aliphatic heterocycles. The van der Waals surface area contributed by atoms with Gasteiger partial charge in [0.2, 0.25) is 0 Å². The maximum Gasteiger partial charge on any atom is 0.0638 e. The lowest BCUT2D eigenvalue weighted by atomic mass is 10.1. The summed E-state index contributed by atoms with van der Waals surface area (Å²) in [6.45, 7) is 7.41. The van der Waals surface area contributed by atoms with Crippen LogP contribution < -0.4 is 5.32 Å². The molecule has 0 bridgehead atoms. The van der Waals surface area contributed by atoms with Crippen LogP contribution in [-0.4, -0.2) is 16.2 Å². The molecule has 3 nitrogen and oxygen atoms in total. The lowest BCUT2D eigenvalue weighted by Gasteiger charge is -2.17. The van der Waals surface area contributed by atoms with Crippen LogP contribution in [0.25, 0.3) is 0 Å². The number of hydrogen-bond acceptors (Lipinski definition) is 2. The van der Waals surface area contributed by atoms with Gasteiger partial charge in [-0.15, -0.1) is 0 Å². The first-order chi connectivity index (χ1) is 7.72. The molecule has 90 valence electrons. The van der Waals surface area contributed by atoms with Gasteiger partial charge in [-0.05, 0) is 39.0 Å². The van der Waals surface area contributed by atoms with E-state index in [0.29, 0.717) is 0 Å². The number of H-pyrrole nitrogens is 1. The molecule has 1 unspecified atom stereocenters. The van der Waals surface area contributed by atoms with Gasteiger partial charge < -0.3 is 5.32 Å². The number of hydrogen-bond donors (Lipinski definition) is 2. The first kappa shape index (κ1) is 11.6. The van der Waals surface area contributed by atoms with Crippen molar-refractivity contribution in [2.75, 3.05) is 0 Å². The molecule has 16 heavy (non-hydrogen) atoms. The predicted molar refractivity (Wildman–Crippen MR) is 66.3 cm³/mol. The third-order valence-corrected chi connectivity index (χ3v) is 3.61. The van der Waals surface area contributed by atoms with Crippen LogP contribution in [0, 0.1) is 19.8 Å². The fourth-order valence-electron chi connectivity index (χ4n) is 2.38. The van der Waals surface area contributed by atoms with E-state index in [2.05, 4.69) is 36.3 Å². The summed E-state index contributed by atoms with van der Waals surface area (Å²) in [7, 11) is 0. The van der Waals surface area contributed by atoms with Crippen LogP contribution in [0.15, 0.2) is 0 Å². The van der Waals surface area contributed by atoms with Gasteiger partial charge in [0, 0.05) is 23.8 Å². The van der Waals surface area contributed by atoms with Crippen molar-refractivity contribution in [3.8, 4) is 0 Å². The second-order valence-electron chi connectivity index (χ2n) is 5.03. The van der Waals surface area contributed by atoms with Crippen molar-refractivity contribution in [1.82, 2.24) is 15.5 Å². The monoisotopic (exact) mass is 221 g/mol. The van der Waals surface area contributed by atoms with E-state index < -0.39 is 0 Å². The third-order valence-electron chi connectivity index (χ3n) is 3.61. The summed E-state index contributed by atoms with van der Waals surface area (Å²) in [4.78, 5) is 0. The Balaban J connectivity index is 1.89. The molecule has 1 saturated carbocycles. The Labute approximate surface area is 98.0 Å². The standard InChI is InChI=1S/C13H23N3/c1-4-5-13(11-6-7-11)14-8-12-9(2)15-16-10(12)3/h11,13-14H,4-8H2,1-3H3,(H,15,16). The van der Waals surface area contributed by atoms with Crippen molar-refractivity contribution in [2.45, 2.75) is 59.0 Å². The zero-order valence-corrected chi connectivity index (χ0v) is 10.6. The highest BCUT2D eigenvalue weighted by Crippen LogP contribution is 2.34. The average molecular weight is 221 g/mol. The molecule has 2 N–H and O–H groups in total. The van der Waals surface area contributed by atoms with Gasteiger partial charge in [0.1, 0.15) is 0 Å². The van der Waals surface area contributed by atoms with Crippen LogP contribution in [0.1, 0.15) is 49.6 Å². The van der Waals surface area contributed by atoms with Gasteiger partial charge in [-0.1, -0.05) is 13.3 Å². The van der Waals surface area contributed by atoms with E-state index in [0.717, 1.165) is 24.2 Å². The number of rotatable bonds is 6. The van der Waals surface area contributed by atoms with Gasteiger partial charge in [0.15, 0.2) is 0 Å². The number of aromatic amines is 1. The van der Waals surface area contributed by atoms with Crippen molar-refractivity contribution in [1.29, 1.82) is 0 Å². The Kier molecular flexibility index (Phi) is 3.64. The Bertz CT molecular complexity index is 319. The summed E-state index contributed by atoms with van der Waals surface area (Å²) in [6.07, 6.45) is 5.42. The molecule has 3 heteroatoms. The second kappa shape index (κ2) is 5.00. The van der Waals surface area contributed by atoms with Crippen molar-refractivity contribution in [3.05, 3.63) is 17.0 Å². The molecule has 0 radical (unpaired) electrons. The second-order valence-corrected chi connectivity index (χ2v) is 5.03. The molecule has 2 rings (SSSR count). The highest BCUT2D eigenvalue weighted by atomic mass is 15.1. The van der Waals surface area contributed by atoms with E-state index in [4.69, 9.17) is 0 Å². The Hall–Kier alpha value is -0.830. The lowest BCUT2D eigenvalue weighted by Crippen LogP contribution is -2.30. The summed E-state index contributed by atoms with van der Waals surface area (Å²) in [6, 6.07) is 0.721. The SMILES string of the molecule is CCCC(NCc1c(C)n[nH]c1C)C1CC1. The lowest BCUT2D eigenvalue weighted by molar-refractivity contribution is 0.429. The van der Waals surface area contributed by atoms with E-state index in [9.17, 15) is 0 Å². The fraction of sp³-hybridized carbons (Fsp3) is 0.769. The highest BCUT2D eigenvalue weighted by Gasteiger charge is 2.30. The molecule has 0 saturated heterocycles. The van der Waals surface area contributed by atoms with Crippen molar-refractivity contribution >= 4 is 0 Å². The average Bonchev–Trinajstić information content (AvgIpc) is 3.04. The molecule has 1 heterocycles. The maximum atomic E-state index is 4.24. The van der Waals surface area contributed by atoms with Crippen molar-refractivity contribution < 1.29 is 0 Å². The minimum Gasteiger partial charge on any atom is -0.310 e. The molecule has 0 aromatic carbocycles. The van der Waals surface area contributed by atoms with Crippen LogP contribution in [0.3, 0.4) is 0 Å². The van der Waals surface area contributed by atoms with Gasteiger partial charge in [0.25, 0.3) is 0 Å². The zero-order valence-electron chi connectivity index (χ0n) is 10.6. The van der Waals surface area contributed by atoms with Crippen LogP contribution in [0.2, 0.25) is 0 Å². The topological polar surface area (TPSA) is 40.7 Å². The van der Waals surface area contributed by atoms with E-state index in [-0.39, 0.29) is 0 Å². The molecule has 0 spiro atoms. The molecular weight excluding hydrogens is 198 g/mol. The summed E-state index contributed by atoms with van der Waals surface area (Å²) >= 11 is 0. The van der Waals surface area contributed by atoms with E-state index in [1.165, 1.54) is 36.9 Å². The van der Waals surface area contributed by atoms with Crippen molar-refractivity contribution in [2.24, 2.45) is 5.92 Å². The predicted octanol–water partition coefficient (Wildman–Crippen LogP) is 2.69. The summed E-state index contributed by atoms with van der Waals surface area (Å²) in [5, 5.41) is 11.0. The Morgan fingerprint density at radius 2 is 2.19 bits per heavy atom. The molecule has 1 aromatic heterocycles. The maximum absolute atomic E-state index is 4.24. The number of aryl methyl sites for hydroxylation is 2. The summed E-state index contributed by atoms with van der Waals surface area (Å²) < 4.78 is 0. The molecule has 1 aliphatic rings. The molecule has 1 aliphatic carbocycles. The molecule has 0 amide bonds. The molecule has 1 aromatic rings. The molecule has 1 fully saturated rings. The van der Waals surface area contributed by atoms with Gasteiger partial charge in [0.05, 0.1) is 5.69 Å². The van der Waals surface area contributed by atoms with Crippen LogP contribution >= 0.6 is 0 Å². The number of aromatic nitrogens is 2. The summed E-state index contributed by atoms with van der Waals surface area (Å²) in [5.41, 5.74) is 3.69. The largest absolute Gasteiger partial charge is 0.310 e. The highest BCUT2D eigenvalue weighted by molar-refractivity contribution is 5.22.